The van der Waals surface area contributed by atoms with Crippen LogP contribution in [0.15, 0.2) is 47.8 Å². The molecule has 2 N–H and O–H groups in total. The van der Waals surface area contributed by atoms with E-state index in [9.17, 15) is 14.4 Å². The summed E-state index contributed by atoms with van der Waals surface area (Å²) < 4.78 is 0. The van der Waals surface area contributed by atoms with Crippen molar-refractivity contribution in [3.8, 4) is 0 Å². The molecule has 3 amide bonds. The number of likely N-dealkylation sites (tertiary alicyclic amines) is 1. The van der Waals surface area contributed by atoms with Crippen LogP contribution in [0, 0.1) is 0 Å². The van der Waals surface area contributed by atoms with Gasteiger partial charge in [-0.05, 0) is 29.9 Å². The number of hydrogen-bond acceptors (Lipinski definition) is 4. The Bertz CT molecular complexity index is 762. The zero-order valence-electron chi connectivity index (χ0n) is 14.3. The minimum absolute atomic E-state index is 0.0940. The van der Waals surface area contributed by atoms with Crippen LogP contribution >= 0.6 is 11.3 Å². The molecule has 136 valence electrons. The number of rotatable bonds is 6. The SMILES string of the molecule is O=C(CNC(=O)[C@@H]1CCCN1C(=O)c1cccs1)NCc1ccccc1. The first-order chi connectivity index (χ1) is 12.6. The Morgan fingerprint density at radius 2 is 1.88 bits per heavy atom. The molecule has 0 spiro atoms. The second kappa shape index (κ2) is 8.62. The molecule has 2 heterocycles. The second-order valence-corrected chi connectivity index (χ2v) is 7.06. The summed E-state index contributed by atoms with van der Waals surface area (Å²) in [5, 5.41) is 7.26. The maximum absolute atomic E-state index is 12.5. The van der Waals surface area contributed by atoms with Gasteiger partial charge in [0.25, 0.3) is 5.91 Å². The maximum Gasteiger partial charge on any atom is 0.264 e. The van der Waals surface area contributed by atoms with E-state index in [1.807, 2.05) is 41.8 Å². The van der Waals surface area contributed by atoms with Crippen molar-refractivity contribution in [3.63, 3.8) is 0 Å². The standard InChI is InChI=1S/C19H21N3O3S/c23-17(20-12-14-6-2-1-3-7-14)13-21-18(24)15-8-4-10-22(15)19(25)16-9-5-11-26-16/h1-3,5-7,9,11,15H,4,8,10,12-13H2,(H,20,23)(H,21,24)/t15-/m0/s1. The maximum atomic E-state index is 12.5. The van der Waals surface area contributed by atoms with Gasteiger partial charge in [0.15, 0.2) is 0 Å². The lowest BCUT2D eigenvalue weighted by Gasteiger charge is -2.23. The molecule has 1 saturated heterocycles. The Balaban J connectivity index is 1.48. The molecular formula is C19H21N3O3S. The molecule has 2 aromatic rings. The first-order valence-corrected chi connectivity index (χ1v) is 9.46. The van der Waals surface area contributed by atoms with Crippen molar-refractivity contribution in [1.82, 2.24) is 15.5 Å². The fourth-order valence-corrected chi connectivity index (χ4v) is 3.65. The minimum atomic E-state index is -0.508. The van der Waals surface area contributed by atoms with Gasteiger partial charge in [0.1, 0.15) is 6.04 Å². The molecule has 0 bridgehead atoms. The average molecular weight is 371 g/mol. The molecule has 1 aromatic heterocycles. The van der Waals surface area contributed by atoms with Crippen molar-refractivity contribution in [2.24, 2.45) is 0 Å². The van der Waals surface area contributed by atoms with Crippen molar-refractivity contribution in [3.05, 3.63) is 58.3 Å². The largest absolute Gasteiger partial charge is 0.350 e. The lowest BCUT2D eigenvalue weighted by Crippen LogP contribution is -2.48. The highest BCUT2D eigenvalue weighted by Gasteiger charge is 2.34. The van der Waals surface area contributed by atoms with Gasteiger partial charge in [-0.25, -0.2) is 0 Å². The van der Waals surface area contributed by atoms with Gasteiger partial charge < -0.3 is 15.5 Å². The Morgan fingerprint density at radius 1 is 1.08 bits per heavy atom. The zero-order chi connectivity index (χ0) is 18.4. The van der Waals surface area contributed by atoms with Crippen LogP contribution in [-0.4, -0.2) is 41.8 Å². The van der Waals surface area contributed by atoms with Gasteiger partial charge in [-0.1, -0.05) is 36.4 Å². The fraction of sp³-hybridized carbons (Fsp3) is 0.316. The number of hydrogen-bond donors (Lipinski definition) is 2. The van der Waals surface area contributed by atoms with E-state index in [0.29, 0.717) is 24.4 Å². The van der Waals surface area contributed by atoms with Crippen LogP contribution in [0.2, 0.25) is 0 Å². The van der Waals surface area contributed by atoms with Gasteiger partial charge in [0, 0.05) is 13.1 Å². The summed E-state index contributed by atoms with van der Waals surface area (Å²) in [6.45, 7) is 0.889. The monoisotopic (exact) mass is 371 g/mol. The lowest BCUT2D eigenvalue weighted by molar-refractivity contribution is -0.128. The molecule has 1 aromatic carbocycles. The van der Waals surface area contributed by atoms with E-state index in [1.165, 1.54) is 11.3 Å². The van der Waals surface area contributed by atoms with Crippen molar-refractivity contribution >= 4 is 29.1 Å². The highest BCUT2D eigenvalue weighted by molar-refractivity contribution is 7.12. The molecule has 1 fully saturated rings. The van der Waals surface area contributed by atoms with E-state index in [0.717, 1.165) is 12.0 Å². The number of amides is 3. The van der Waals surface area contributed by atoms with Crippen molar-refractivity contribution in [1.29, 1.82) is 0 Å². The molecule has 0 radical (unpaired) electrons. The molecule has 6 nitrogen and oxygen atoms in total. The molecule has 0 saturated carbocycles. The first-order valence-electron chi connectivity index (χ1n) is 8.58. The highest BCUT2D eigenvalue weighted by Crippen LogP contribution is 2.22. The Labute approximate surface area is 156 Å². The van der Waals surface area contributed by atoms with Gasteiger partial charge in [0.2, 0.25) is 11.8 Å². The molecule has 26 heavy (non-hydrogen) atoms. The Morgan fingerprint density at radius 3 is 2.62 bits per heavy atom. The van der Waals surface area contributed by atoms with Gasteiger partial charge >= 0.3 is 0 Å². The molecule has 1 atom stereocenters. The molecular weight excluding hydrogens is 350 g/mol. The Kier molecular flexibility index (Phi) is 6.01. The van der Waals surface area contributed by atoms with Crippen LogP contribution in [-0.2, 0) is 16.1 Å². The predicted octanol–water partition coefficient (Wildman–Crippen LogP) is 1.79. The molecule has 1 aliphatic rings. The van der Waals surface area contributed by atoms with Gasteiger partial charge in [-0.3, -0.25) is 14.4 Å². The molecule has 3 rings (SSSR count). The first kappa shape index (κ1) is 18.1. The van der Waals surface area contributed by atoms with Gasteiger partial charge in [0.05, 0.1) is 11.4 Å². The topological polar surface area (TPSA) is 78.5 Å². The third-order valence-corrected chi connectivity index (χ3v) is 5.16. The summed E-state index contributed by atoms with van der Waals surface area (Å²) in [6, 6.07) is 12.6. The highest BCUT2D eigenvalue weighted by atomic mass is 32.1. The van der Waals surface area contributed by atoms with E-state index in [-0.39, 0.29) is 24.3 Å². The summed E-state index contributed by atoms with van der Waals surface area (Å²) >= 11 is 1.37. The van der Waals surface area contributed by atoms with Crippen LogP contribution < -0.4 is 10.6 Å². The van der Waals surface area contributed by atoms with Crippen molar-refractivity contribution in [2.45, 2.75) is 25.4 Å². The second-order valence-electron chi connectivity index (χ2n) is 6.11. The van der Waals surface area contributed by atoms with E-state index >= 15 is 0 Å². The van der Waals surface area contributed by atoms with Gasteiger partial charge in [-0.15, -0.1) is 11.3 Å². The number of carbonyl (C=O) groups is 3. The summed E-state index contributed by atoms with van der Waals surface area (Å²) in [5.74, 6) is -0.648. The third-order valence-electron chi connectivity index (χ3n) is 4.30. The summed E-state index contributed by atoms with van der Waals surface area (Å²) in [4.78, 5) is 39.1. The molecule has 0 unspecified atom stereocenters. The summed E-state index contributed by atoms with van der Waals surface area (Å²) in [7, 11) is 0. The van der Waals surface area contributed by atoms with Crippen molar-refractivity contribution in [2.75, 3.05) is 13.1 Å². The lowest BCUT2D eigenvalue weighted by atomic mass is 10.2. The Hall–Kier alpha value is -2.67. The molecule has 7 heteroatoms. The number of carbonyl (C=O) groups excluding carboxylic acids is 3. The average Bonchev–Trinajstić information content (AvgIpc) is 3.36. The minimum Gasteiger partial charge on any atom is -0.350 e. The summed E-state index contributed by atoms with van der Waals surface area (Å²) in [6.07, 6.45) is 1.41. The molecule has 1 aliphatic heterocycles. The number of thiophene rings is 1. The predicted molar refractivity (Wildman–Crippen MR) is 99.7 cm³/mol. The van der Waals surface area contributed by atoms with Crippen molar-refractivity contribution < 1.29 is 14.4 Å². The van der Waals surface area contributed by atoms with Crippen LogP contribution in [0.5, 0.6) is 0 Å². The number of nitrogens with one attached hydrogen (secondary N) is 2. The van der Waals surface area contributed by atoms with Crippen LogP contribution in [0.1, 0.15) is 28.1 Å². The van der Waals surface area contributed by atoms with Crippen LogP contribution in [0.3, 0.4) is 0 Å². The fourth-order valence-electron chi connectivity index (χ4n) is 2.97. The van der Waals surface area contributed by atoms with E-state index in [2.05, 4.69) is 10.6 Å². The normalized spacial score (nSPS) is 16.3. The third kappa shape index (κ3) is 4.49. The van der Waals surface area contributed by atoms with E-state index in [4.69, 9.17) is 0 Å². The summed E-state index contributed by atoms with van der Waals surface area (Å²) in [5.41, 5.74) is 0.996. The van der Waals surface area contributed by atoms with Crippen LogP contribution in [0.4, 0.5) is 0 Å². The van der Waals surface area contributed by atoms with Gasteiger partial charge in [-0.2, -0.15) is 0 Å². The zero-order valence-corrected chi connectivity index (χ0v) is 15.1. The number of benzene rings is 1. The molecule has 0 aliphatic carbocycles. The van der Waals surface area contributed by atoms with E-state index < -0.39 is 6.04 Å². The number of nitrogens with zero attached hydrogens (tertiary/aromatic N) is 1. The van der Waals surface area contributed by atoms with E-state index in [1.54, 1.807) is 11.0 Å². The smallest absolute Gasteiger partial charge is 0.264 e. The van der Waals surface area contributed by atoms with Crippen LogP contribution in [0.25, 0.3) is 0 Å². The quantitative estimate of drug-likeness (QED) is 0.813.